The van der Waals surface area contributed by atoms with Crippen molar-refractivity contribution in [2.45, 2.75) is 44.5 Å². The maximum absolute atomic E-state index is 13.6. The fourth-order valence-corrected chi connectivity index (χ4v) is 4.00. The van der Waals surface area contributed by atoms with Gasteiger partial charge in [-0.3, -0.25) is 4.79 Å². The van der Waals surface area contributed by atoms with Crippen LogP contribution < -0.4 is 10.6 Å². The van der Waals surface area contributed by atoms with Crippen molar-refractivity contribution in [2.75, 3.05) is 11.9 Å². The molecule has 1 aliphatic carbocycles. The minimum absolute atomic E-state index is 0.0598. The summed E-state index contributed by atoms with van der Waals surface area (Å²) >= 11 is 2.93. The number of aromatic nitrogens is 2. The molecule has 5 nitrogen and oxygen atoms in total. The number of anilines is 2. The van der Waals surface area contributed by atoms with Gasteiger partial charge in [-0.25, -0.2) is 9.97 Å². The first kappa shape index (κ1) is 24.3. The molecule has 1 aromatic carbocycles. The number of benzene rings is 1. The summed E-state index contributed by atoms with van der Waals surface area (Å²) in [5.74, 6) is -1.33. The molecule has 1 amide bonds. The molecular formula is C20H19BrF6N4O. The van der Waals surface area contributed by atoms with Crippen LogP contribution in [0.2, 0.25) is 0 Å². The fraction of sp³-hybridized carbons (Fsp3) is 0.450. The summed E-state index contributed by atoms with van der Waals surface area (Å²) < 4.78 is 79.7. The highest BCUT2D eigenvalue weighted by molar-refractivity contribution is 9.10. The number of nitrogens with zero attached hydrogens (tertiary/aromatic N) is 2. The first-order valence-electron chi connectivity index (χ1n) is 9.81. The smallest absolute Gasteiger partial charge is 0.352 e. The highest BCUT2D eigenvalue weighted by Gasteiger charge is 2.38. The highest BCUT2D eigenvalue weighted by atomic mass is 79.9. The minimum Gasteiger partial charge on any atom is -0.352 e. The summed E-state index contributed by atoms with van der Waals surface area (Å²) in [7, 11) is 0. The number of carbonyl (C=O) groups is 1. The summed E-state index contributed by atoms with van der Waals surface area (Å²) in [6.07, 6.45) is -3.96. The fourth-order valence-electron chi connectivity index (χ4n) is 3.50. The van der Waals surface area contributed by atoms with Crippen molar-refractivity contribution in [3.8, 4) is 0 Å². The predicted octanol–water partition coefficient (Wildman–Crippen LogP) is 6.33. The van der Waals surface area contributed by atoms with E-state index in [1.165, 1.54) is 6.07 Å². The van der Waals surface area contributed by atoms with Gasteiger partial charge in [0.15, 0.2) is 5.69 Å². The molecule has 0 radical (unpaired) electrons. The standard InChI is InChI=1S/C20H19BrF6N4O/c21-13-6-12(19(22,23)24)7-14(8-13)30-18-29-10-15(16(31-18)20(25,26)27)17(32)28-9-11-4-2-1-3-5-11/h6-8,10-11H,1-5,9H2,(H,28,32)(H,29,30,31). The Morgan fingerprint density at radius 2 is 1.72 bits per heavy atom. The van der Waals surface area contributed by atoms with Crippen LogP contribution in [0, 0.1) is 5.92 Å². The van der Waals surface area contributed by atoms with Gasteiger partial charge in [-0.05, 0) is 37.0 Å². The summed E-state index contributed by atoms with van der Waals surface area (Å²) in [6.45, 7) is 0.258. The molecule has 32 heavy (non-hydrogen) atoms. The summed E-state index contributed by atoms with van der Waals surface area (Å²) in [6, 6.07) is 2.77. The van der Waals surface area contributed by atoms with Gasteiger partial charge < -0.3 is 10.6 Å². The van der Waals surface area contributed by atoms with Gasteiger partial charge in [-0.2, -0.15) is 26.3 Å². The molecule has 0 saturated heterocycles. The number of nitrogens with one attached hydrogen (secondary N) is 2. The number of amides is 1. The average Bonchev–Trinajstić information content (AvgIpc) is 2.71. The normalized spacial score (nSPS) is 15.5. The number of alkyl halides is 6. The van der Waals surface area contributed by atoms with E-state index in [0.717, 1.165) is 44.4 Å². The van der Waals surface area contributed by atoms with E-state index in [0.29, 0.717) is 6.07 Å². The molecule has 174 valence electrons. The number of hydrogen-bond acceptors (Lipinski definition) is 4. The third-order valence-corrected chi connectivity index (χ3v) is 5.52. The van der Waals surface area contributed by atoms with Crippen LogP contribution >= 0.6 is 15.9 Å². The van der Waals surface area contributed by atoms with E-state index in [1.54, 1.807) is 0 Å². The van der Waals surface area contributed by atoms with Crippen LogP contribution in [0.5, 0.6) is 0 Å². The lowest BCUT2D eigenvalue weighted by molar-refractivity contribution is -0.141. The maximum Gasteiger partial charge on any atom is 0.434 e. The molecule has 1 aromatic heterocycles. The van der Waals surface area contributed by atoms with Crippen LogP contribution in [-0.2, 0) is 12.4 Å². The van der Waals surface area contributed by atoms with Crippen LogP contribution in [0.1, 0.15) is 53.7 Å². The van der Waals surface area contributed by atoms with Crippen molar-refractivity contribution in [1.82, 2.24) is 15.3 Å². The zero-order valence-corrected chi connectivity index (χ0v) is 18.2. The Balaban J connectivity index is 1.82. The van der Waals surface area contributed by atoms with E-state index < -0.39 is 41.0 Å². The minimum atomic E-state index is -4.97. The van der Waals surface area contributed by atoms with Crippen molar-refractivity contribution in [1.29, 1.82) is 0 Å². The third-order valence-electron chi connectivity index (χ3n) is 5.06. The molecule has 0 bridgehead atoms. The molecule has 0 aliphatic heterocycles. The Hall–Kier alpha value is -2.37. The van der Waals surface area contributed by atoms with Crippen molar-refractivity contribution in [2.24, 2.45) is 5.92 Å². The third kappa shape index (κ3) is 6.33. The number of hydrogen-bond donors (Lipinski definition) is 2. The van der Waals surface area contributed by atoms with Gasteiger partial charge in [0.25, 0.3) is 5.91 Å². The number of rotatable bonds is 5. The zero-order chi connectivity index (χ0) is 23.5. The second-order valence-electron chi connectivity index (χ2n) is 7.52. The van der Waals surface area contributed by atoms with Crippen LogP contribution in [-0.4, -0.2) is 22.4 Å². The SMILES string of the molecule is O=C(NCC1CCCCC1)c1cnc(Nc2cc(Br)cc(C(F)(F)F)c2)nc1C(F)(F)F. The second kappa shape index (κ2) is 9.63. The monoisotopic (exact) mass is 524 g/mol. The first-order valence-corrected chi connectivity index (χ1v) is 10.6. The molecule has 0 atom stereocenters. The number of halogens is 7. The molecule has 0 unspecified atom stereocenters. The molecule has 2 N–H and O–H groups in total. The van der Waals surface area contributed by atoms with Gasteiger partial charge in [-0.1, -0.05) is 35.2 Å². The summed E-state index contributed by atoms with van der Waals surface area (Å²) in [4.78, 5) is 19.5. The van der Waals surface area contributed by atoms with Gasteiger partial charge >= 0.3 is 12.4 Å². The van der Waals surface area contributed by atoms with E-state index in [2.05, 4.69) is 36.5 Å². The molecule has 3 rings (SSSR count). The Bertz CT molecular complexity index is 974. The zero-order valence-electron chi connectivity index (χ0n) is 16.6. The van der Waals surface area contributed by atoms with Gasteiger partial charge in [0.05, 0.1) is 11.1 Å². The average molecular weight is 525 g/mol. The van der Waals surface area contributed by atoms with Crippen molar-refractivity contribution in [3.63, 3.8) is 0 Å². The Morgan fingerprint density at radius 1 is 1.03 bits per heavy atom. The topological polar surface area (TPSA) is 66.9 Å². The molecule has 1 saturated carbocycles. The molecule has 1 fully saturated rings. The molecule has 0 spiro atoms. The Morgan fingerprint density at radius 3 is 2.34 bits per heavy atom. The van der Waals surface area contributed by atoms with Gasteiger partial charge in [0, 0.05) is 22.9 Å². The Labute approximate surface area is 188 Å². The lowest BCUT2D eigenvalue weighted by Crippen LogP contribution is -2.32. The van der Waals surface area contributed by atoms with E-state index in [-0.39, 0.29) is 22.6 Å². The van der Waals surface area contributed by atoms with E-state index in [9.17, 15) is 31.1 Å². The van der Waals surface area contributed by atoms with E-state index in [1.807, 2.05) is 0 Å². The van der Waals surface area contributed by atoms with Crippen molar-refractivity contribution >= 4 is 33.5 Å². The molecule has 1 heterocycles. The van der Waals surface area contributed by atoms with Crippen LogP contribution in [0.15, 0.2) is 28.9 Å². The van der Waals surface area contributed by atoms with Crippen LogP contribution in [0.25, 0.3) is 0 Å². The molecule has 2 aromatic rings. The quantitative estimate of drug-likeness (QED) is 0.448. The number of carbonyl (C=O) groups excluding carboxylic acids is 1. The first-order chi connectivity index (χ1) is 14.9. The largest absolute Gasteiger partial charge is 0.434 e. The van der Waals surface area contributed by atoms with Crippen molar-refractivity contribution < 1.29 is 31.1 Å². The van der Waals surface area contributed by atoms with Crippen molar-refractivity contribution in [3.05, 3.63) is 45.7 Å². The Kier molecular flexibility index (Phi) is 7.31. The highest BCUT2D eigenvalue weighted by Crippen LogP contribution is 2.35. The molecular weight excluding hydrogens is 506 g/mol. The van der Waals surface area contributed by atoms with Gasteiger partial charge in [0.1, 0.15) is 0 Å². The molecule has 1 aliphatic rings. The summed E-state index contributed by atoms with van der Waals surface area (Å²) in [5, 5.41) is 4.85. The summed E-state index contributed by atoms with van der Waals surface area (Å²) in [5.41, 5.74) is -3.40. The maximum atomic E-state index is 13.6. The van der Waals surface area contributed by atoms with Crippen LogP contribution in [0.3, 0.4) is 0 Å². The van der Waals surface area contributed by atoms with Gasteiger partial charge in [-0.15, -0.1) is 0 Å². The second-order valence-corrected chi connectivity index (χ2v) is 8.43. The van der Waals surface area contributed by atoms with Crippen LogP contribution in [0.4, 0.5) is 38.0 Å². The lowest BCUT2D eigenvalue weighted by atomic mass is 9.89. The predicted molar refractivity (Wildman–Crippen MR) is 108 cm³/mol. The van der Waals surface area contributed by atoms with E-state index in [4.69, 9.17) is 0 Å². The lowest BCUT2D eigenvalue weighted by Gasteiger charge is -2.22. The molecule has 12 heteroatoms. The van der Waals surface area contributed by atoms with E-state index >= 15 is 0 Å². The van der Waals surface area contributed by atoms with Gasteiger partial charge in [0.2, 0.25) is 5.95 Å².